The summed E-state index contributed by atoms with van der Waals surface area (Å²) in [5, 5.41) is 2.76. The molecule has 0 bridgehead atoms. The van der Waals surface area contributed by atoms with E-state index in [4.69, 9.17) is 5.73 Å². The Bertz CT molecular complexity index is 798. The van der Waals surface area contributed by atoms with Gasteiger partial charge in [0.25, 0.3) is 5.91 Å². The van der Waals surface area contributed by atoms with Gasteiger partial charge in [0.05, 0.1) is 17.0 Å². The molecule has 0 aliphatic carbocycles. The summed E-state index contributed by atoms with van der Waals surface area (Å²) < 4.78 is 13.9. The molecule has 1 saturated heterocycles. The molecule has 3 N–H and O–H groups in total. The van der Waals surface area contributed by atoms with Gasteiger partial charge in [0.2, 0.25) is 5.91 Å². The van der Waals surface area contributed by atoms with Crippen molar-refractivity contribution in [2.45, 2.75) is 12.8 Å². The van der Waals surface area contributed by atoms with Gasteiger partial charge in [-0.3, -0.25) is 19.6 Å². The van der Waals surface area contributed by atoms with E-state index in [0.717, 1.165) is 0 Å². The Labute approximate surface area is 144 Å². The minimum atomic E-state index is -0.536. The van der Waals surface area contributed by atoms with E-state index < -0.39 is 5.82 Å². The van der Waals surface area contributed by atoms with Crippen LogP contribution in [0.4, 0.5) is 4.39 Å². The first-order valence-corrected chi connectivity index (χ1v) is 8.27. The second-order valence-corrected chi connectivity index (χ2v) is 6.05. The third kappa shape index (κ3) is 3.74. The van der Waals surface area contributed by atoms with Gasteiger partial charge in [-0.05, 0) is 18.9 Å². The molecular weight excluding hydrogens is 325 g/mol. The zero-order chi connectivity index (χ0) is 17.8. The second-order valence-electron chi connectivity index (χ2n) is 6.05. The fraction of sp³-hybridized carbons (Fsp3) is 0.412. The molecule has 0 spiro atoms. The number of hydrogen-bond acceptors (Lipinski definition) is 5. The van der Waals surface area contributed by atoms with Gasteiger partial charge in [-0.1, -0.05) is 0 Å². The maximum atomic E-state index is 13.9. The monoisotopic (exact) mass is 345 g/mol. The quantitative estimate of drug-likeness (QED) is 0.849. The normalized spacial score (nSPS) is 17.5. The van der Waals surface area contributed by atoms with E-state index >= 15 is 0 Å². The summed E-state index contributed by atoms with van der Waals surface area (Å²) in [5.41, 5.74) is 6.27. The molecule has 2 aromatic rings. The molecule has 1 aliphatic rings. The van der Waals surface area contributed by atoms with Crippen LogP contribution in [0.2, 0.25) is 0 Å². The third-order valence-electron chi connectivity index (χ3n) is 4.29. The number of nitrogens with one attached hydrogen (secondary N) is 1. The number of halogens is 1. The molecule has 7 nitrogen and oxygen atoms in total. The molecule has 1 unspecified atom stereocenters. The molecule has 8 heteroatoms. The lowest BCUT2D eigenvalue weighted by molar-refractivity contribution is -0.126. The van der Waals surface area contributed by atoms with Gasteiger partial charge in [0.1, 0.15) is 11.3 Å². The van der Waals surface area contributed by atoms with Crippen LogP contribution in [0.1, 0.15) is 23.2 Å². The summed E-state index contributed by atoms with van der Waals surface area (Å²) in [4.78, 5) is 34.8. The summed E-state index contributed by atoms with van der Waals surface area (Å²) in [6.07, 6.45) is 4.35. The van der Waals surface area contributed by atoms with Gasteiger partial charge in [0, 0.05) is 44.6 Å². The minimum absolute atomic E-state index is 0.105. The molecule has 1 aliphatic heterocycles. The number of amides is 2. The van der Waals surface area contributed by atoms with Crippen molar-refractivity contribution in [3.8, 4) is 0 Å². The zero-order valence-corrected chi connectivity index (χ0v) is 13.7. The summed E-state index contributed by atoms with van der Waals surface area (Å²) >= 11 is 0. The number of carbonyl (C=O) groups is 2. The average Bonchev–Trinajstić information content (AvgIpc) is 2.64. The number of fused-ring (bicyclic) bond motifs is 1. The van der Waals surface area contributed by atoms with E-state index in [1.165, 1.54) is 24.5 Å². The number of likely N-dealkylation sites (tertiary alicyclic amines) is 1. The van der Waals surface area contributed by atoms with E-state index in [0.29, 0.717) is 50.1 Å². The highest BCUT2D eigenvalue weighted by atomic mass is 19.1. The molecule has 1 aromatic carbocycles. The predicted octanol–water partition coefficient (Wildman–Crippen LogP) is 0.696. The summed E-state index contributed by atoms with van der Waals surface area (Å²) in [5.74, 6) is -1.26. The van der Waals surface area contributed by atoms with Crippen molar-refractivity contribution in [1.82, 2.24) is 20.2 Å². The lowest BCUT2D eigenvalue weighted by Gasteiger charge is -2.32. The number of aromatic nitrogens is 2. The molecule has 3 rings (SSSR count). The van der Waals surface area contributed by atoms with Crippen LogP contribution >= 0.6 is 0 Å². The average molecular weight is 345 g/mol. The summed E-state index contributed by atoms with van der Waals surface area (Å²) in [7, 11) is 0. The fourth-order valence-corrected chi connectivity index (χ4v) is 3.09. The Morgan fingerprint density at radius 1 is 1.32 bits per heavy atom. The van der Waals surface area contributed by atoms with Gasteiger partial charge < -0.3 is 16.0 Å². The molecule has 1 atom stereocenters. The number of nitrogens with two attached hydrogens (primary N) is 1. The number of piperidine rings is 1. The molecule has 132 valence electrons. The number of benzene rings is 1. The Kier molecular flexibility index (Phi) is 5.18. The molecule has 25 heavy (non-hydrogen) atoms. The lowest BCUT2D eigenvalue weighted by atomic mass is 9.96. The van der Waals surface area contributed by atoms with Crippen LogP contribution in [-0.4, -0.2) is 52.9 Å². The van der Waals surface area contributed by atoms with Gasteiger partial charge in [-0.15, -0.1) is 0 Å². The van der Waals surface area contributed by atoms with Gasteiger partial charge >= 0.3 is 0 Å². The van der Waals surface area contributed by atoms with Crippen molar-refractivity contribution in [1.29, 1.82) is 0 Å². The standard InChI is InChI=1S/C17H20FN5O2/c18-12-8-13(15-14(9-12)20-5-6-21-15)17(25)23-7-1-2-11(10-23)16(24)22-4-3-19/h5-6,8-9,11H,1-4,7,10,19H2,(H,22,24). The van der Waals surface area contributed by atoms with Crippen LogP contribution in [-0.2, 0) is 4.79 Å². The van der Waals surface area contributed by atoms with E-state index in [1.807, 2.05) is 0 Å². The van der Waals surface area contributed by atoms with Gasteiger partial charge in [-0.2, -0.15) is 0 Å². The number of rotatable bonds is 4. The van der Waals surface area contributed by atoms with Gasteiger partial charge in [-0.25, -0.2) is 4.39 Å². The van der Waals surface area contributed by atoms with Crippen molar-refractivity contribution in [2.24, 2.45) is 11.7 Å². The van der Waals surface area contributed by atoms with Crippen molar-refractivity contribution in [3.63, 3.8) is 0 Å². The van der Waals surface area contributed by atoms with Crippen LogP contribution in [0.5, 0.6) is 0 Å². The summed E-state index contributed by atoms with van der Waals surface area (Å²) in [6.45, 7) is 1.60. The fourth-order valence-electron chi connectivity index (χ4n) is 3.09. The first-order chi connectivity index (χ1) is 12.1. The second kappa shape index (κ2) is 7.52. The molecule has 2 amide bonds. The lowest BCUT2D eigenvalue weighted by Crippen LogP contribution is -2.46. The van der Waals surface area contributed by atoms with E-state index in [1.54, 1.807) is 4.90 Å². The van der Waals surface area contributed by atoms with Crippen LogP contribution in [0.3, 0.4) is 0 Å². The first kappa shape index (κ1) is 17.2. The Morgan fingerprint density at radius 2 is 2.12 bits per heavy atom. The maximum absolute atomic E-state index is 13.9. The topological polar surface area (TPSA) is 101 Å². The highest BCUT2D eigenvalue weighted by molar-refractivity contribution is 6.04. The smallest absolute Gasteiger partial charge is 0.256 e. The number of hydrogen-bond donors (Lipinski definition) is 2. The molecule has 0 radical (unpaired) electrons. The molecule has 0 saturated carbocycles. The molecule has 2 heterocycles. The van der Waals surface area contributed by atoms with Crippen LogP contribution in [0.25, 0.3) is 11.0 Å². The van der Waals surface area contributed by atoms with Crippen molar-refractivity contribution in [3.05, 3.63) is 35.9 Å². The largest absolute Gasteiger partial charge is 0.355 e. The van der Waals surface area contributed by atoms with Crippen molar-refractivity contribution >= 4 is 22.8 Å². The highest BCUT2D eigenvalue weighted by Crippen LogP contribution is 2.22. The number of carbonyl (C=O) groups excluding carboxylic acids is 2. The Balaban J connectivity index is 1.82. The SMILES string of the molecule is NCCNC(=O)C1CCCN(C(=O)c2cc(F)cc3nccnc23)C1. The van der Waals surface area contributed by atoms with Crippen molar-refractivity contribution < 1.29 is 14.0 Å². The predicted molar refractivity (Wildman–Crippen MR) is 90.2 cm³/mol. The van der Waals surface area contributed by atoms with Crippen LogP contribution in [0.15, 0.2) is 24.5 Å². The van der Waals surface area contributed by atoms with Crippen LogP contribution in [0, 0.1) is 11.7 Å². The molecule has 1 aromatic heterocycles. The summed E-state index contributed by atoms with van der Waals surface area (Å²) in [6, 6.07) is 2.43. The first-order valence-electron chi connectivity index (χ1n) is 8.27. The van der Waals surface area contributed by atoms with E-state index in [2.05, 4.69) is 15.3 Å². The van der Waals surface area contributed by atoms with E-state index in [-0.39, 0.29) is 23.3 Å². The molecule has 1 fully saturated rings. The van der Waals surface area contributed by atoms with Crippen LogP contribution < -0.4 is 11.1 Å². The third-order valence-corrected chi connectivity index (χ3v) is 4.29. The van der Waals surface area contributed by atoms with Gasteiger partial charge in [0.15, 0.2) is 0 Å². The van der Waals surface area contributed by atoms with Crippen molar-refractivity contribution in [2.75, 3.05) is 26.2 Å². The number of nitrogens with zero attached hydrogens (tertiary/aromatic N) is 3. The minimum Gasteiger partial charge on any atom is -0.355 e. The Morgan fingerprint density at radius 3 is 2.92 bits per heavy atom. The highest BCUT2D eigenvalue weighted by Gasteiger charge is 2.29. The molecular formula is C17H20FN5O2. The Hall–Kier alpha value is -2.61. The van der Waals surface area contributed by atoms with E-state index in [9.17, 15) is 14.0 Å². The maximum Gasteiger partial charge on any atom is 0.256 e. The zero-order valence-electron chi connectivity index (χ0n) is 13.7.